The van der Waals surface area contributed by atoms with Gasteiger partial charge in [0.2, 0.25) is 0 Å². The van der Waals surface area contributed by atoms with Gasteiger partial charge in [-0.2, -0.15) is 0 Å². The van der Waals surface area contributed by atoms with Crippen molar-refractivity contribution in [3.63, 3.8) is 0 Å². The van der Waals surface area contributed by atoms with Crippen LogP contribution in [0.2, 0.25) is 0 Å². The summed E-state index contributed by atoms with van der Waals surface area (Å²) in [7, 11) is 1.51. The van der Waals surface area contributed by atoms with E-state index in [9.17, 15) is 9.59 Å². The number of fused-ring (bicyclic) bond motifs is 2. The fourth-order valence-corrected chi connectivity index (χ4v) is 4.46. The molecule has 0 N–H and O–H groups in total. The van der Waals surface area contributed by atoms with Crippen molar-refractivity contribution in [2.75, 3.05) is 0 Å². The van der Waals surface area contributed by atoms with Gasteiger partial charge in [0.25, 0.3) is 5.56 Å². The molecule has 0 atom stereocenters. The Morgan fingerprint density at radius 1 is 1.13 bits per heavy atom. The minimum Gasteiger partial charge on any atom is -0.307 e. The minimum atomic E-state index is -0.365. The number of hydrogen-bond acceptors (Lipinski definition) is 6. The van der Waals surface area contributed by atoms with Crippen LogP contribution in [0.25, 0.3) is 16.7 Å². The lowest BCUT2D eigenvalue weighted by Crippen LogP contribution is -2.39. The van der Waals surface area contributed by atoms with Crippen molar-refractivity contribution in [2.45, 2.75) is 57.4 Å². The lowest BCUT2D eigenvalue weighted by molar-refractivity contribution is 0.603. The number of imidazole rings is 1. The molecule has 0 aliphatic rings. The summed E-state index contributed by atoms with van der Waals surface area (Å²) in [4.78, 5) is 39.8. The fraction of sp³-hybridized carbons (Fsp3) is 0.409. The van der Waals surface area contributed by atoms with E-state index < -0.39 is 0 Å². The molecule has 0 spiro atoms. The summed E-state index contributed by atoms with van der Waals surface area (Å²) >= 11 is 1.46. The van der Waals surface area contributed by atoms with Crippen molar-refractivity contribution in [1.82, 2.24) is 28.5 Å². The number of rotatable bonds is 6. The maximum absolute atomic E-state index is 13.0. The molecule has 0 aliphatic carbocycles. The SMILES string of the molecule is CCCn1c(=O)n(C)c(=O)c2c(SCc3cn4cccc(C)c4n3)nc(C(C)C)nc21. The molecule has 0 saturated carbocycles. The summed E-state index contributed by atoms with van der Waals surface area (Å²) in [5, 5.41) is 0.984. The Labute approximate surface area is 184 Å². The molecule has 0 unspecified atom stereocenters. The average molecular weight is 439 g/mol. The Kier molecular flexibility index (Phi) is 5.70. The molecule has 4 heterocycles. The number of hydrogen-bond donors (Lipinski definition) is 0. The molecule has 0 saturated heterocycles. The van der Waals surface area contributed by atoms with Gasteiger partial charge in [-0.05, 0) is 25.0 Å². The first-order chi connectivity index (χ1) is 14.8. The molecule has 9 heteroatoms. The zero-order valence-corrected chi connectivity index (χ0v) is 19.2. The quantitative estimate of drug-likeness (QED) is 0.339. The van der Waals surface area contributed by atoms with Gasteiger partial charge in [0, 0.05) is 37.7 Å². The van der Waals surface area contributed by atoms with Crippen LogP contribution in [0.1, 0.15) is 50.2 Å². The second-order valence-electron chi connectivity index (χ2n) is 7.98. The molecule has 31 heavy (non-hydrogen) atoms. The van der Waals surface area contributed by atoms with Crippen LogP contribution in [0.5, 0.6) is 0 Å². The van der Waals surface area contributed by atoms with E-state index in [1.54, 1.807) is 4.57 Å². The Morgan fingerprint density at radius 3 is 2.58 bits per heavy atom. The van der Waals surface area contributed by atoms with Crippen molar-refractivity contribution in [2.24, 2.45) is 7.05 Å². The zero-order valence-electron chi connectivity index (χ0n) is 18.4. The van der Waals surface area contributed by atoms with Gasteiger partial charge in [-0.25, -0.2) is 19.7 Å². The molecule has 0 radical (unpaired) electrons. The van der Waals surface area contributed by atoms with Crippen LogP contribution < -0.4 is 11.2 Å². The topological polar surface area (TPSA) is 87.1 Å². The largest absolute Gasteiger partial charge is 0.332 e. The van der Waals surface area contributed by atoms with E-state index in [-0.39, 0.29) is 17.2 Å². The van der Waals surface area contributed by atoms with E-state index in [0.29, 0.717) is 34.2 Å². The molecule has 4 aromatic heterocycles. The molecule has 0 aromatic carbocycles. The van der Waals surface area contributed by atoms with Crippen LogP contribution in [0, 0.1) is 6.92 Å². The molecule has 0 bridgehead atoms. The van der Waals surface area contributed by atoms with Gasteiger partial charge >= 0.3 is 5.69 Å². The normalized spacial score (nSPS) is 11.8. The summed E-state index contributed by atoms with van der Waals surface area (Å²) in [5.74, 6) is 1.25. The number of aryl methyl sites for hydroxylation is 2. The monoisotopic (exact) mass is 438 g/mol. The van der Waals surface area contributed by atoms with Crippen molar-refractivity contribution in [1.29, 1.82) is 0 Å². The number of thioether (sulfide) groups is 1. The number of pyridine rings is 1. The van der Waals surface area contributed by atoms with E-state index >= 15 is 0 Å². The van der Waals surface area contributed by atoms with E-state index in [1.165, 1.54) is 18.8 Å². The fourth-order valence-electron chi connectivity index (χ4n) is 3.56. The Balaban J connectivity index is 1.86. The molecule has 162 valence electrons. The standard InChI is InChI=1S/C22H26N6O2S/c1-6-9-28-19-16(21(29)26(5)22(28)30)20(25-17(24-19)13(2)3)31-12-15-11-27-10-7-8-14(4)18(27)23-15/h7-8,10-11,13H,6,9,12H2,1-5H3. The molecule has 4 aromatic rings. The summed E-state index contributed by atoms with van der Waals surface area (Å²) in [6.45, 7) is 8.53. The summed E-state index contributed by atoms with van der Waals surface area (Å²) in [5.41, 5.74) is 2.63. The van der Waals surface area contributed by atoms with Gasteiger partial charge in [0.15, 0.2) is 5.65 Å². The van der Waals surface area contributed by atoms with Gasteiger partial charge in [0.1, 0.15) is 21.9 Å². The van der Waals surface area contributed by atoms with Gasteiger partial charge in [-0.15, -0.1) is 0 Å². The Bertz CT molecular complexity index is 1400. The molecule has 0 fully saturated rings. The van der Waals surface area contributed by atoms with Gasteiger partial charge in [-0.3, -0.25) is 13.9 Å². The van der Waals surface area contributed by atoms with Crippen LogP contribution in [0.3, 0.4) is 0 Å². The summed E-state index contributed by atoms with van der Waals surface area (Å²) in [6, 6.07) is 4.02. The lowest BCUT2D eigenvalue weighted by Gasteiger charge is -2.14. The first kappa shape index (κ1) is 21.3. The smallest absolute Gasteiger partial charge is 0.307 e. The van der Waals surface area contributed by atoms with Gasteiger partial charge in [-0.1, -0.05) is 38.6 Å². The summed E-state index contributed by atoms with van der Waals surface area (Å²) < 4.78 is 4.73. The predicted octanol–water partition coefficient (Wildman–Crippen LogP) is 3.27. The minimum absolute atomic E-state index is 0.0656. The second kappa shape index (κ2) is 8.30. The summed E-state index contributed by atoms with van der Waals surface area (Å²) in [6.07, 6.45) is 4.73. The second-order valence-corrected chi connectivity index (χ2v) is 8.95. The van der Waals surface area contributed by atoms with Crippen molar-refractivity contribution in [3.05, 3.63) is 62.4 Å². The third-order valence-corrected chi connectivity index (χ3v) is 6.22. The number of aromatic nitrogens is 6. The zero-order chi connectivity index (χ0) is 22.3. The molecule has 0 amide bonds. The average Bonchev–Trinajstić information content (AvgIpc) is 3.17. The highest BCUT2D eigenvalue weighted by atomic mass is 32.2. The first-order valence-electron chi connectivity index (χ1n) is 10.4. The van der Waals surface area contributed by atoms with Crippen LogP contribution >= 0.6 is 11.8 Å². The van der Waals surface area contributed by atoms with Gasteiger partial charge in [0.05, 0.1) is 5.69 Å². The molecule has 0 aliphatic heterocycles. The van der Waals surface area contributed by atoms with Crippen LogP contribution in [0.4, 0.5) is 0 Å². The maximum atomic E-state index is 13.0. The van der Waals surface area contributed by atoms with E-state index in [0.717, 1.165) is 27.9 Å². The lowest BCUT2D eigenvalue weighted by atomic mass is 10.2. The molecular formula is C22H26N6O2S. The third kappa shape index (κ3) is 3.78. The highest BCUT2D eigenvalue weighted by Crippen LogP contribution is 2.27. The Morgan fingerprint density at radius 2 is 1.90 bits per heavy atom. The highest BCUT2D eigenvalue weighted by molar-refractivity contribution is 7.98. The highest BCUT2D eigenvalue weighted by Gasteiger charge is 2.20. The van der Waals surface area contributed by atoms with E-state index in [4.69, 9.17) is 9.97 Å². The van der Waals surface area contributed by atoms with Crippen molar-refractivity contribution < 1.29 is 0 Å². The van der Waals surface area contributed by atoms with Crippen LogP contribution in [0.15, 0.2) is 39.1 Å². The van der Waals surface area contributed by atoms with Crippen molar-refractivity contribution in [3.8, 4) is 0 Å². The van der Waals surface area contributed by atoms with Gasteiger partial charge < -0.3 is 4.40 Å². The van der Waals surface area contributed by atoms with E-state index in [2.05, 4.69) is 4.98 Å². The molecule has 4 rings (SSSR count). The molecular weight excluding hydrogens is 412 g/mol. The van der Waals surface area contributed by atoms with Crippen LogP contribution in [-0.4, -0.2) is 28.5 Å². The predicted molar refractivity (Wildman–Crippen MR) is 123 cm³/mol. The maximum Gasteiger partial charge on any atom is 0.332 e. The van der Waals surface area contributed by atoms with E-state index in [1.807, 2.05) is 56.6 Å². The van der Waals surface area contributed by atoms with Crippen molar-refractivity contribution >= 4 is 28.4 Å². The van der Waals surface area contributed by atoms with Crippen LogP contribution in [-0.2, 0) is 19.3 Å². The third-order valence-electron chi connectivity index (χ3n) is 5.21. The molecule has 8 nitrogen and oxygen atoms in total. The number of nitrogens with zero attached hydrogens (tertiary/aromatic N) is 6. The first-order valence-corrected chi connectivity index (χ1v) is 11.4. The Hall–Kier alpha value is -2.94.